The minimum absolute atomic E-state index is 0.0949. The van der Waals surface area contributed by atoms with Gasteiger partial charge in [-0.2, -0.15) is 0 Å². The standard InChI is InChI=1S/C29H28ClN3O7/c1-3-20-14-19(15-23(32-17(2)34)26(35)31-16-18-8-11-21(30)12-9-18)10-13-24(20)33(27(36)29(39)40)25-7-5-4-6-22(25)28(37)38/h4-14,23H,3,15-16H2,1-2H3,(H,31,35)(H,32,34)(H,37,38)(H,39,40)/t23-/m0/s1. The molecule has 3 aromatic carbocycles. The third-order valence-corrected chi connectivity index (χ3v) is 6.29. The zero-order valence-corrected chi connectivity index (χ0v) is 22.6. The van der Waals surface area contributed by atoms with Crippen LogP contribution >= 0.6 is 11.6 Å². The van der Waals surface area contributed by atoms with Crippen LogP contribution in [-0.4, -0.2) is 45.9 Å². The number of aromatic carboxylic acids is 1. The van der Waals surface area contributed by atoms with Crippen molar-refractivity contribution < 1.29 is 34.2 Å². The molecule has 0 saturated heterocycles. The number of carbonyl (C=O) groups is 5. The second kappa shape index (κ2) is 13.4. The minimum atomic E-state index is -1.76. The number of rotatable bonds is 10. The SMILES string of the molecule is CCc1cc(C[C@H](NC(C)=O)C(=O)NCc2ccc(Cl)cc2)ccc1N(C(=O)C(=O)O)c1ccccc1C(=O)O. The number of aliphatic carboxylic acids is 1. The fraction of sp³-hybridized carbons (Fsp3) is 0.207. The lowest BCUT2D eigenvalue weighted by Gasteiger charge is -2.26. The summed E-state index contributed by atoms with van der Waals surface area (Å²) >= 11 is 5.91. The van der Waals surface area contributed by atoms with Crippen LogP contribution in [0.3, 0.4) is 0 Å². The van der Waals surface area contributed by atoms with Gasteiger partial charge in [0.2, 0.25) is 11.8 Å². The summed E-state index contributed by atoms with van der Waals surface area (Å²) in [6.45, 7) is 3.31. The number of carboxylic acid groups (broad SMARTS) is 2. The van der Waals surface area contributed by atoms with Crippen LogP contribution in [0.25, 0.3) is 0 Å². The van der Waals surface area contributed by atoms with E-state index in [0.717, 1.165) is 10.5 Å². The van der Waals surface area contributed by atoms with Crippen LogP contribution in [0, 0.1) is 0 Å². The van der Waals surface area contributed by atoms with Crippen LogP contribution in [0.15, 0.2) is 66.7 Å². The molecule has 0 bridgehead atoms. The Bertz CT molecular complexity index is 1440. The predicted molar refractivity (Wildman–Crippen MR) is 149 cm³/mol. The molecule has 208 valence electrons. The van der Waals surface area contributed by atoms with Gasteiger partial charge >= 0.3 is 17.8 Å². The average molecular weight is 566 g/mol. The highest BCUT2D eigenvalue weighted by Crippen LogP contribution is 2.33. The Morgan fingerprint density at radius 3 is 2.15 bits per heavy atom. The summed E-state index contributed by atoms with van der Waals surface area (Å²) in [5, 5.41) is 25.2. The molecule has 0 aliphatic carbocycles. The lowest BCUT2D eigenvalue weighted by molar-refractivity contribution is -0.148. The molecule has 0 aromatic heterocycles. The summed E-state index contributed by atoms with van der Waals surface area (Å²) in [5.41, 5.74) is 1.84. The van der Waals surface area contributed by atoms with Gasteiger partial charge < -0.3 is 20.8 Å². The molecule has 1 atom stereocenters. The number of amides is 3. The van der Waals surface area contributed by atoms with Gasteiger partial charge in [0, 0.05) is 24.9 Å². The smallest absolute Gasteiger partial charge is 0.395 e. The molecule has 3 aromatic rings. The number of hydrogen-bond acceptors (Lipinski definition) is 5. The number of aryl methyl sites for hydroxylation is 1. The molecule has 0 unspecified atom stereocenters. The largest absolute Gasteiger partial charge is 0.478 e. The fourth-order valence-corrected chi connectivity index (χ4v) is 4.29. The molecule has 0 saturated carbocycles. The predicted octanol–water partition coefficient (Wildman–Crippen LogP) is 3.71. The first-order valence-electron chi connectivity index (χ1n) is 12.3. The molecule has 0 aliphatic heterocycles. The number of nitrogens with one attached hydrogen (secondary N) is 2. The van der Waals surface area contributed by atoms with Gasteiger partial charge in [0.1, 0.15) is 6.04 Å². The van der Waals surface area contributed by atoms with Crippen molar-refractivity contribution in [2.75, 3.05) is 4.90 Å². The maximum Gasteiger partial charge on any atom is 0.395 e. The number of benzene rings is 3. The topological polar surface area (TPSA) is 153 Å². The van der Waals surface area contributed by atoms with Gasteiger partial charge in [-0.15, -0.1) is 0 Å². The number of carboxylic acids is 2. The monoisotopic (exact) mass is 565 g/mol. The molecule has 0 radical (unpaired) electrons. The first kappa shape index (κ1) is 29.9. The molecule has 4 N–H and O–H groups in total. The molecule has 11 heteroatoms. The lowest BCUT2D eigenvalue weighted by atomic mass is 9.99. The lowest BCUT2D eigenvalue weighted by Crippen LogP contribution is -2.47. The van der Waals surface area contributed by atoms with E-state index in [-0.39, 0.29) is 29.9 Å². The van der Waals surface area contributed by atoms with Crippen molar-refractivity contribution in [3.05, 3.63) is 94.0 Å². The zero-order chi connectivity index (χ0) is 29.4. The molecule has 3 amide bonds. The molecule has 10 nitrogen and oxygen atoms in total. The minimum Gasteiger partial charge on any atom is -0.478 e. The van der Waals surface area contributed by atoms with Crippen molar-refractivity contribution in [2.45, 2.75) is 39.3 Å². The third kappa shape index (κ3) is 7.45. The van der Waals surface area contributed by atoms with Crippen molar-refractivity contribution in [3.63, 3.8) is 0 Å². The fourth-order valence-electron chi connectivity index (χ4n) is 4.17. The first-order valence-corrected chi connectivity index (χ1v) is 12.7. The highest BCUT2D eigenvalue weighted by Gasteiger charge is 2.30. The molecule has 0 spiro atoms. The highest BCUT2D eigenvalue weighted by atomic mass is 35.5. The first-order chi connectivity index (χ1) is 19.0. The number of carbonyl (C=O) groups excluding carboxylic acids is 3. The Labute approximate surface area is 235 Å². The molecular weight excluding hydrogens is 538 g/mol. The van der Waals surface area contributed by atoms with Gasteiger partial charge in [0.15, 0.2) is 0 Å². The van der Waals surface area contributed by atoms with Crippen LogP contribution in [0.4, 0.5) is 11.4 Å². The molecule has 0 aliphatic rings. The molecule has 40 heavy (non-hydrogen) atoms. The number of halogens is 1. The van der Waals surface area contributed by atoms with Crippen molar-refractivity contribution in [1.82, 2.24) is 10.6 Å². The van der Waals surface area contributed by atoms with E-state index in [0.29, 0.717) is 22.6 Å². The highest BCUT2D eigenvalue weighted by molar-refractivity contribution is 6.39. The number of nitrogens with zero attached hydrogens (tertiary/aromatic N) is 1. The summed E-state index contributed by atoms with van der Waals surface area (Å²) < 4.78 is 0. The van der Waals surface area contributed by atoms with Gasteiger partial charge in [-0.3, -0.25) is 19.3 Å². The van der Waals surface area contributed by atoms with Crippen molar-refractivity contribution in [1.29, 1.82) is 0 Å². The van der Waals surface area contributed by atoms with E-state index in [1.807, 2.05) is 0 Å². The number of anilines is 2. The number of para-hydroxylation sites is 1. The van der Waals surface area contributed by atoms with Crippen LogP contribution in [0.5, 0.6) is 0 Å². The third-order valence-electron chi connectivity index (χ3n) is 6.04. The zero-order valence-electron chi connectivity index (χ0n) is 21.8. The van der Waals surface area contributed by atoms with Crippen molar-refractivity contribution >= 4 is 52.6 Å². The Morgan fingerprint density at radius 2 is 1.55 bits per heavy atom. The van der Waals surface area contributed by atoms with E-state index >= 15 is 0 Å². The Kier molecular flexibility index (Phi) is 9.99. The Hall–Kier alpha value is -4.70. The Morgan fingerprint density at radius 1 is 0.900 bits per heavy atom. The van der Waals surface area contributed by atoms with Gasteiger partial charge in [0.25, 0.3) is 0 Å². The number of hydrogen-bond donors (Lipinski definition) is 4. The molecule has 0 heterocycles. The maximum atomic E-state index is 13.0. The summed E-state index contributed by atoms with van der Waals surface area (Å²) in [5.74, 6) is -5.22. The van der Waals surface area contributed by atoms with Crippen LogP contribution in [0.2, 0.25) is 5.02 Å². The van der Waals surface area contributed by atoms with Gasteiger partial charge in [-0.25, -0.2) is 9.59 Å². The van der Waals surface area contributed by atoms with Gasteiger partial charge in [0.05, 0.1) is 16.9 Å². The van der Waals surface area contributed by atoms with E-state index in [4.69, 9.17) is 11.6 Å². The quantitative estimate of drug-likeness (QED) is 0.273. The molecule has 3 rings (SSSR count). The molecule has 0 fully saturated rings. The van der Waals surface area contributed by atoms with Crippen LogP contribution < -0.4 is 15.5 Å². The summed E-state index contributed by atoms with van der Waals surface area (Å²) in [7, 11) is 0. The van der Waals surface area contributed by atoms with E-state index < -0.39 is 35.7 Å². The second-order valence-electron chi connectivity index (χ2n) is 8.89. The van der Waals surface area contributed by atoms with E-state index in [1.165, 1.54) is 37.3 Å². The van der Waals surface area contributed by atoms with E-state index in [2.05, 4.69) is 10.6 Å². The normalized spacial score (nSPS) is 11.3. The van der Waals surface area contributed by atoms with Crippen LogP contribution in [-0.2, 0) is 38.6 Å². The van der Waals surface area contributed by atoms with Crippen molar-refractivity contribution in [3.8, 4) is 0 Å². The van der Waals surface area contributed by atoms with Gasteiger partial charge in [-0.1, -0.05) is 54.9 Å². The Balaban J connectivity index is 1.93. The molecular formula is C29H28ClN3O7. The van der Waals surface area contributed by atoms with E-state index in [9.17, 15) is 34.2 Å². The summed E-state index contributed by atoms with van der Waals surface area (Å²) in [4.78, 5) is 62.0. The van der Waals surface area contributed by atoms with Gasteiger partial charge in [-0.05, 0) is 53.4 Å². The summed E-state index contributed by atoms with van der Waals surface area (Å²) in [6, 6.07) is 16.5. The second-order valence-corrected chi connectivity index (χ2v) is 9.32. The summed E-state index contributed by atoms with van der Waals surface area (Å²) in [6.07, 6.45) is 0.466. The van der Waals surface area contributed by atoms with Crippen LogP contribution in [0.1, 0.15) is 40.9 Å². The average Bonchev–Trinajstić information content (AvgIpc) is 2.92. The maximum absolute atomic E-state index is 13.0. The van der Waals surface area contributed by atoms with E-state index in [1.54, 1.807) is 43.3 Å². The van der Waals surface area contributed by atoms with Crippen molar-refractivity contribution in [2.24, 2.45) is 0 Å².